The number of rotatable bonds is 2. The van der Waals surface area contributed by atoms with E-state index in [-0.39, 0.29) is 25.3 Å². The third-order valence-corrected chi connectivity index (χ3v) is 3.04. The SMILES string of the molecule is Nc1ccn([C@@H]2O[C@H](CO)C[C@H](O)C[C@H]2O)c(=O)n1. The minimum atomic E-state index is -1.07. The molecule has 0 bridgehead atoms. The molecule has 0 amide bonds. The minimum absolute atomic E-state index is 0.0536. The summed E-state index contributed by atoms with van der Waals surface area (Å²) in [4.78, 5) is 15.3. The predicted molar refractivity (Wildman–Crippen MR) is 65.2 cm³/mol. The molecule has 1 fully saturated rings. The topological polar surface area (TPSA) is 131 Å². The second-order valence-corrected chi connectivity index (χ2v) is 4.57. The summed E-state index contributed by atoms with van der Waals surface area (Å²) in [5.74, 6) is 0.0723. The molecular formula is C11H17N3O5. The average Bonchev–Trinajstić information content (AvgIpc) is 2.48. The van der Waals surface area contributed by atoms with Crippen molar-refractivity contribution in [3.63, 3.8) is 0 Å². The molecule has 1 aliphatic heterocycles. The first-order valence-electron chi connectivity index (χ1n) is 5.98. The number of nitrogens with two attached hydrogens (primary N) is 1. The molecule has 0 aromatic carbocycles. The second kappa shape index (κ2) is 5.66. The highest BCUT2D eigenvalue weighted by molar-refractivity contribution is 5.23. The van der Waals surface area contributed by atoms with E-state index >= 15 is 0 Å². The maximum absolute atomic E-state index is 11.7. The van der Waals surface area contributed by atoms with Gasteiger partial charge in [0.25, 0.3) is 0 Å². The van der Waals surface area contributed by atoms with Crippen molar-refractivity contribution in [3.8, 4) is 0 Å². The number of aromatic nitrogens is 2. The first-order valence-corrected chi connectivity index (χ1v) is 5.98. The summed E-state index contributed by atoms with van der Waals surface area (Å²) < 4.78 is 6.57. The normalized spacial score (nSPS) is 31.9. The van der Waals surface area contributed by atoms with Crippen molar-refractivity contribution in [2.75, 3.05) is 12.3 Å². The molecule has 0 spiro atoms. The summed E-state index contributed by atoms with van der Waals surface area (Å²) in [7, 11) is 0. The summed E-state index contributed by atoms with van der Waals surface area (Å²) in [6.07, 6.45) is -1.91. The fraction of sp³-hybridized carbons (Fsp3) is 0.636. The Balaban J connectivity index is 2.32. The molecule has 0 unspecified atom stereocenters. The standard InChI is InChI=1S/C11H17N3O5/c12-9-1-2-14(11(18)13-9)10-8(17)4-6(16)3-7(5-15)19-10/h1-2,6-8,10,15-17H,3-5H2,(H2,12,13,18)/t6-,7-,8+,10+/m0/s1. The lowest BCUT2D eigenvalue weighted by atomic mass is 10.1. The third kappa shape index (κ3) is 3.10. The van der Waals surface area contributed by atoms with E-state index in [1.165, 1.54) is 12.3 Å². The lowest BCUT2D eigenvalue weighted by Crippen LogP contribution is -2.36. The number of hydrogen-bond donors (Lipinski definition) is 4. The highest BCUT2D eigenvalue weighted by atomic mass is 16.5. The van der Waals surface area contributed by atoms with Gasteiger partial charge in [0.1, 0.15) is 11.9 Å². The van der Waals surface area contributed by atoms with Crippen LogP contribution in [0.3, 0.4) is 0 Å². The van der Waals surface area contributed by atoms with Crippen LogP contribution in [0.5, 0.6) is 0 Å². The van der Waals surface area contributed by atoms with Gasteiger partial charge in [0, 0.05) is 19.0 Å². The second-order valence-electron chi connectivity index (χ2n) is 4.57. The van der Waals surface area contributed by atoms with Crippen LogP contribution >= 0.6 is 0 Å². The van der Waals surface area contributed by atoms with E-state index < -0.39 is 30.2 Å². The molecule has 0 radical (unpaired) electrons. The number of nitrogen functional groups attached to an aromatic ring is 1. The van der Waals surface area contributed by atoms with Crippen LogP contribution in [-0.4, -0.2) is 49.8 Å². The molecule has 0 saturated carbocycles. The Morgan fingerprint density at radius 2 is 2.21 bits per heavy atom. The van der Waals surface area contributed by atoms with Crippen molar-refractivity contribution < 1.29 is 20.1 Å². The summed E-state index contributed by atoms with van der Waals surface area (Å²) in [5, 5.41) is 28.8. The summed E-state index contributed by atoms with van der Waals surface area (Å²) in [6.45, 7) is -0.308. The Labute approximate surface area is 109 Å². The van der Waals surface area contributed by atoms with Gasteiger partial charge < -0.3 is 25.8 Å². The number of nitrogens with zero attached hydrogens (tertiary/aromatic N) is 2. The third-order valence-electron chi connectivity index (χ3n) is 3.04. The Morgan fingerprint density at radius 3 is 2.84 bits per heavy atom. The van der Waals surface area contributed by atoms with Crippen LogP contribution in [0.25, 0.3) is 0 Å². The number of aliphatic hydroxyl groups is 3. The van der Waals surface area contributed by atoms with Gasteiger partial charge in [-0.1, -0.05) is 0 Å². The van der Waals surface area contributed by atoms with Crippen LogP contribution in [0.4, 0.5) is 5.82 Å². The molecule has 1 aromatic heterocycles. The van der Waals surface area contributed by atoms with Gasteiger partial charge in [-0.05, 0) is 6.07 Å². The van der Waals surface area contributed by atoms with Gasteiger partial charge in [-0.25, -0.2) is 4.79 Å². The van der Waals surface area contributed by atoms with E-state index in [0.717, 1.165) is 4.57 Å². The Hall–Kier alpha value is -1.48. The minimum Gasteiger partial charge on any atom is -0.394 e. The van der Waals surface area contributed by atoms with Crippen molar-refractivity contribution in [2.45, 2.75) is 37.4 Å². The molecule has 0 aliphatic carbocycles. The Kier molecular flexibility index (Phi) is 4.15. The van der Waals surface area contributed by atoms with E-state index in [1.54, 1.807) is 0 Å². The molecule has 19 heavy (non-hydrogen) atoms. The van der Waals surface area contributed by atoms with E-state index in [4.69, 9.17) is 15.6 Å². The molecular weight excluding hydrogens is 254 g/mol. The molecule has 2 heterocycles. The van der Waals surface area contributed by atoms with E-state index in [2.05, 4.69) is 4.98 Å². The molecule has 8 nitrogen and oxygen atoms in total. The zero-order valence-corrected chi connectivity index (χ0v) is 10.2. The van der Waals surface area contributed by atoms with E-state index in [1.807, 2.05) is 0 Å². The first-order chi connectivity index (χ1) is 9.01. The van der Waals surface area contributed by atoms with Crippen molar-refractivity contribution in [1.29, 1.82) is 0 Å². The molecule has 8 heteroatoms. The number of aliphatic hydroxyl groups excluding tert-OH is 3. The van der Waals surface area contributed by atoms with E-state index in [9.17, 15) is 15.0 Å². The molecule has 106 valence electrons. The largest absolute Gasteiger partial charge is 0.394 e. The first kappa shape index (κ1) is 13.9. The summed E-state index contributed by atoms with van der Waals surface area (Å²) in [6, 6.07) is 1.41. The molecule has 5 N–H and O–H groups in total. The van der Waals surface area contributed by atoms with Gasteiger partial charge >= 0.3 is 5.69 Å². The van der Waals surface area contributed by atoms with Gasteiger partial charge in [0.15, 0.2) is 6.23 Å². The zero-order valence-electron chi connectivity index (χ0n) is 10.2. The predicted octanol–water partition coefficient (Wildman–Crippen LogP) is -1.78. The van der Waals surface area contributed by atoms with Crippen LogP contribution in [0.15, 0.2) is 17.1 Å². The van der Waals surface area contributed by atoms with Crippen LogP contribution in [0.1, 0.15) is 19.1 Å². The molecule has 1 aromatic rings. The average molecular weight is 271 g/mol. The molecule has 1 aliphatic rings. The summed E-state index contributed by atoms with van der Waals surface area (Å²) in [5.41, 5.74) is 4.73. The Bertz CT molecular complexity index is 491. The van der Waals surface area contributed by atoms with Crippen LogP contribution in [0.2, 0.25) is 0 Å². The number of ether oxygens (including phenoxy) is 1. The van der Waals surface area contributed by atoms with Gasteiger partial charge in [-0.15, -0.1) is 0 Å². The number of anilines is 1. The lowest BCUT2D eigenvalue weighted by molar-refractivity contribution is -0.120. The van der Waals surface area contributed by atoms with Crippen LogP contribution in [-0.2, 0) is 4.74 Å². The Morgan fingerprint density at radius 1 is 1.47 bits per heavy atom. The highest BCUT2D eigenvalue weighted by Gasteiger charge is 2.33. The summed E-state index contributed by atoms with van der Waals surface area (Å²) >= 11 is 0. The lowest BCUT2D eigenvalue weighted by Gasteiger charge is -2.24. The molecule has 2 rings (SSSR count). The molecule has 4 atom stereocenters. The van der Waals surface area contributed by atoms with Crippen molar-refractivity contribution in [3.05, 3.63) is 22.7 Å². The van der Waals surface area contributed by atoms with Gasteiger partial charge in [-0.3, -0.25) is 4.57 Å². The van der Waals surface area contributed by atoms with Gasteiger partial charge in [0.05, 0.1) is 18.8 Å². The molecule has 1 saturated heterocycles. The van der Waals surface area contributed by atoms with Crippen LogP contribution < -0.4 is 11.4 Å². The van der Waals surface area contributed by atoms with Crippen molar-refractivity contribution in [2.24, 2.45) is 0 Å². The monoisotopic (exact) mass is 271 g/mol. The van der Waals surface area contributed by atoms with E-state index in [0.29, 0.717) is 0 Å². The van der Waals surface area contributed by atoms with Crippen molar-refractivity contribution >= 4 is 5.82 Å². The fourth-order valence-electron chi connectivity index (χ4n) is 2.13. The highest BCUT2D eigenvalue weighted by Crippen LogP contribution is 2.25. The maximum atomic E-state index is 11.7. The van der Waals surface area contributed by atoms with Crippen molar-refractivity contribution in [1.82, 2.24) is 9.55 Å². The maximum Gasteiger partial charge on any atom is 0.351 e. The number of hydrogen-bond acceptors (Lipinski definition) is 7. The zero-order chi connectivity index (χ0) is 14.0. The van der Waals surface area contributed by atoms with Crippen LogP contribution in [0, 0.1) is 0 Å². The van der Waals surface area contributed by atoms with Gasteiger partial charge in [0.2, 0.25) is 0 Å². The smallest absolute Gasteiger partial charge is 0.351 e. The quantitative estimate of drug-likeness (QED) is 0.500. The van der Waals surface area contributed by atoms with Gasteiger partial charge in [-0.2, -0.15) is 4.98 Å². The fourth-order valence-corrected chi connectivity index (χ4v) is 2.13.